The second-order valence-corrected chi connectivity index (χ2v) is 6.25. The molecule has 2 rings (SSSR count). The zero-order valence-electron chi connectivity index (χ0n) is 10.3. The third kappa shape index (κ3) is 3.79. The predicted octanol–water partition coefficient (Wildman–Crippen LogP) is 4.56. The van der Waals surface area contributed by atoms with E-state index >= 15 is 0 Å². The molecule has 0 bridgehead atoms. The summed E-state index contributed by atoms with van der Waals surface area (Å²) in [6.45, 7) is 2.08. The lowest BCUT2D eigenvalue weighted by Gasteiger charge is -2.02. The zero-order chi connectivity index (χ0) is 13.0. The van der Waals surface area contributed by atoms with Crippen LogP contribution in [0.3, 0.4) is 0 Å². The molecule has 3 heteroatoms. The van der Waals surface area contributed by atoms with E-state index in [1.165, 1.54) is 11.1 Å². The van der Waals surface area contributed by atoms with E-state index in [0.29, 0.717) is 18.6 Å². The van der Waals surface area contributed by atoms with Crippen molar-refractivity contribution >= 4 is 33.0 Å². The molecule has 0 N–H and O–H groups in total. The minimum atomic E-state index is 0.305. The van der Waals surface area contributed by atoms with Crippen molar-refractivity contribution in [2.24, 2.45) is 0 Å². The number of rotatable bonds is 5. The minimum Gasteiger partial charge on any atom is -0.299 e. The van der Waals surface area contributed by atoms with Crippen LogP contribution in [0.4, 0.5) is 0 Å². The van der Waals surface area contributed by atoms with Gasteiger partial charge in [-0.1, -0.05) is 29.8 Å². The molecule has 2 aromatic rings. The van der Waals surface area contributed by atoms with E-state index in [1.807, 2.05) is 17.5 Å². The van der Waals surface area contributed by atoms with Crippen molar-refractivity contribution in [3.8, 4) is 0 Å². The second-order valence-electron chi connectivity index (χ2n) is 4.40. The summed E-state index contributed by atoms with van der Waals surface area (Å²) < 4.78 is 1.05. The molecule has 0 radical (unpaired) electrons. The number of hydrogen-bond donors (Lipinski definition) is 0. The average molecular weight is 323 g/mol. The van der Waals surface area contributed by atoms with Gasteiger partial charge in [0.05, 0.1) is 0 Å². The van der Waals surface area contributed by atoms with E-state index in [4.69, 9.17) is 0 Å². The van der Waals surface area contributed by atoms with Crippen LogP contribution < -0.4 is 0 Å². The third-order valence-corrected chi connectivity index (χ3v) is 4.75. The number of ketones is 1. The smallest absolute Gasteiger partial charge is 0.138 e. The molecule has 94 valence electrons. The molecule has 1 nitrogen and oxygen atoms in total. The van der Waals surface area contributed by atoms with Crippen LogP contribution in [-0.4, -0.2) is 5.78 Å². The summed E-state index contributed by atoms with van der Waals surface area (Å²) >= 11 is 5.09. The van der Waals surface area contributed by atoms with E-state index in [-0.39, 0.29) is 0 Å². The van der Waals surface area contributed by atoms with Gasteiger partial charge in [0.2, 0.25) is 0 Å². The van der Waals surface area contributed by atoms with Gasteiger partial charge in [0.1, 0.15) is 5.78 Å². The molecule has 1 aromatic carbocycles. The normalized spacial score (nSPS) is 10.6. The summed E-state index contributed by atoms with van der Waals surface area (Å²) in [7, 11) is 0. The van der Waals surface area contributed by atoms with Crippen LogP contribution in [0, 0.1) is 6.92 Å². The third-order valence-electron chi connectivity index (χ3n) is 2.82. The first kappa shape index (κ1) is 13.5. The van der Waals surface area contributed by atoms with Crippen molar-refractivity contribution in [3.05, 3.63) is 56.2 Å². The van der Waals surface area contributed by atoms with E-state index in [9.17, 15) is 4.79 Å². The lowest BCUT2D eigenvalue weighted by Crippen LogP contribution is -2.03. The summed E-state index contributed by atoms with van der Waals surface area (Å²) in [6, 6.07) is 10.3. The number of halogens is 1. The Bertz CT molecular complexity index is 545. The molecule has 0 spiro atoms. The standard InChI is InChI=1S/C15H15BrOS/c1-11-3-2-4-12(9-11)5-6-13(17)10-15-14(16)7-8-18-15/h2-4,7-9H,5-6,10H2,1H3. The van der Waals surface area contributed by atoms with E-state index in [1.54, 1.807) is 11.3 Å². The molecule has 0 saturated carbocycles. The fraction of sp³-hybridized carbons (Fsp3) is 0.267. The average Bonchev–Trinajstić information content (AvgIpc) is 2.73. The molecule has 1 aromatic heterocycles. The Morgan fingerprint density at radius 1 is 1.33 bits per heavy atom. The van der Waals surface area contributed by atoms with Crippen LogP contribution in [0.1, 0.15) is 22.4 Å². The summed E-state index contributed by atoms with van der Waals surface area (Å²) in [5, 5.41) is 2.01. The molecule has 0 saturated heterocycles. The van der Waals surface area contributed by atoms with Gasteiger partial charge < -0.3 is 0 Å². The monoisotopic (exact) mass is 322 g/mol. The first-order valence-electron chi connectivity index (χ1n) is 5.94. The molecule has 0 aliphatic carbocycles. The number of hydrogen-bond acceptors (Lipinski definition) is 2. The van der Waals surface area contributed by atoms with Crippen LogP contribution in [0.5, 0.6) is 0 Å². The lowest BCUT2D eigenvalue weighted by atomic mass is 10.0. The van der Waals surface area contributed by atoms with E-state index < -0.39 is 0 Å². The van der Waals surface area contributed by atoms with Gasteiger partial charge in [-0.3, -0.25) is 4.79 Å². The highest BCUT2D eigenvalue weighted by atomic mass is 79.9. The largest absolute Gasteiger partial charge is 0.299 e. The summed E-state index contributed by atoms with van der Waals surface area (Å²) in [5.41, 5.74) is 2.49. The number of carbonyl (C=O) groups excluding carboxylic acids is 1. The Kier molecular flexibility index (Phi) is 4.72. The van der Waals surface area contributed by atoms with Crippen LogP contribution >= 0.6 is 27.3 Å². The number of aryl methyl sites for hydroxylation is 2. The van der Waals surface area contributed by atoms with E-state index in [0.717, 1.165) is 15.8 Å². The molecule has 0 unspecified atom stereocenters. The van der Waals surface area contributed by atoms with Crippen molar-refractivity contribution in [2.45, 2.75) is 26.2 Å². The Balaban J connectivity index is 1.87. The fourth-order valence-corrected chi connectivity index (χ4v) is 3.39. The highest BCUT2D eigenvalue weighted by Crippen LogP contribution is 2.23. The van der Waals surface area contributed by atoms with Crippen LogP contribution in [0.25, 0.3) is 0 Å². The first-order chi connectivity index (χ1) is 8.65. The number of Topliss-reactive ketones (excluding diaryl/α,β-unsaturated/α-hetero) is 1. The van der Waals surface area contributed by atoms with Crippen LogP contribution in [0.2, 0.25) is 0 Å². The fourth-order valence-electron chi connectivity index (χ4n) is 1.87. The van der Waals surface area contributed by atoms with Gasteiger partial charge in [-0.25, -0.2) is 0 Å². The highest BCUT2D eigenvalue weighted by Gasteiger charge is 2.08. The Morgan fingerprint density at radius 2 is 2.17 bits per heavy atom. The van der Waals surface area contributed by atoms with E-state index in [2.05, 4.69) is 41.1 Å². The van der Waals surface area contributed by atoms with Gasteiger partial charge in [-0.15, -0.1) is 11.3 Å². The zero-order valence-corrected chi connectivity index (χ0v) is 12.7. The summed E-state index contributed by atoms with van der Waals surface area (Å²) in [5.74, 6) is 0.305. The molecule has 0 fully saturated rings. The minimum absolute atomic E-state index is 0.305. The quantitative estimate of drug-likeness (QED) is 0.788. The molecule has 0 aliphatic rings. The SMILES string of the molecule is Cc1cccc(CCC(=O)Cc2sccc2Br)c1. The molecular weight excluding hydrogens is 308 g/mol. The Morgan fingerprint density at radius 3 is 2.83 bits per heavy atom. The summed E-state index contributed by atoms with van der Waals surface area (Å²) in [4.78, 5) is 13.0. The van der Waals surface area contributed by atoms with Crippen LogP contribution in [-0.2, 0) is 17.6 Å². The molecule has 0 amide bonds. The Labute approximate surface area is 120 Å². The maximum Gasteiger partial charge on any atom is 0.138 e. The van der Waals surface area contributed by atoms with Gasteiger partial charge in [-0.05, 0) is 46.3 Å². The summed E-state index contributed by atoms with van der Waals surface area (Å²) in [6.07, 6.45) is 2.00. The molecule has 1 heterocycles. The lowest BCUT2D eigenvalue weighted by molar-refractivity contribution is -0.118. The molecular formula is C15H15BrOS. The van der Waals surface area contributed by atoms with Crippen molar-refractivity contribution < 1.29 is 4.79 Å². The van der Waals surface area contributed by atoms with Gasteiger partial charge in [0.15, 0.2) is 0 Å². The maximum atomic E-state index is 11.9. The highest BCUT2D eigenvalue weighted by molar-refractivity contribution is 9.10. The molecule has 0 aliphatic heterocycles. The maximum absolute atomic E-state index is 11.9. The van der Waals surface area contributed by atoms with Crippen molar-refractivity contribution in [3.63, 3.8) is 0 Å². The van der Waals surface area contributed by atoms with Crippen molar-refractivity contribution in [1.82, 2.24) is 0 Å². The molecule has 18 heavy (non-hydrogen) atoms. The van der Waals surface area contributed by atoms with Gasteiger partial charge in [-0.2, -0.15) is 0 Å². The number of carbonyl (C=O) groups is 1. The van der Waals surface area contributed by atoms with Crippen molar-refractivity contribution in [1.29, 1.82) is 0 Å². The molecule has 0 atom stereocenters. The number of thiophene rings is 1. The van der Waals surface area contributed by atoms with Crippen LogP contribution in [0.15, 0.2) is 40.2 Å². The first-order valence-corrected chi connectivity index (χ1v) is 7.61. The van der Waals surface area contributed by atoms with Crippen molar-refractivity contribution in [2.75, 3.05) is 0 Å². The van der Waals surface area contributed by atoms with Gasteiger partial charge in [0, 0.05) is 22.2 Å². The topological polar surface area (TPSA) is 17.1 Å². The Hall–Kier alpha value is -0.930. The second kappa shape index (κ2) is 6.30. The van der Waals surface area contributed by atoms with Gasteiger partial charge >= 0.3 is 0 Å². The predicted molar refractivity (Wildman–Crippen MR) is 80.2 cm³/mol. The number of benzene rings is 1. The van der Waals surface area contributed by atoms with Gasteiger partial charge in [0.25, 0.3) is 0 Å².